The number of hydrogen-bond donors (Lipinski definition) is 1. The molecular formula is C16H29NO. The molecule has 104 valence electrons. The smallest absolute Gasteiger partial charge is 0.0633 e. The number of hydrogen-bond acceptors (Lipinski definition) is 2. The highest BCUT2D eigenvalue weighted by atomic mass is 16.3. The van der Waals surface area contributed by atoms with Crippen molar-refractivity contribution in [2.75, 3.05) is 13.1 Å². The first-order valence-corrected chi connectivity index (χ1v) is 7.67. The first-order valence-electron chi connectivity index (χ1n) is 7.67. The highest BCUT2D eigenvalue weighted by Gasteiger charge is 2.46. The van der Waals surface area contributed by atoms with Crippen LogP contribution in [0.5, 0.6) is 0 Å². The van der Waals surface area contributed by atoms with E-state index in [0.29, 0.717) is 12.0 Å². The Balaban J connectivity index is 2.28. The van der Waals surface area contributed by atoms with Gasteiger partial charge in [-0.05, 0) is 44.7 Å². The van der Waals surface area contributed by atoms with E-state index in [1.165, 1.54) is 18.4 Å². The van der Waals surface area contributed by atoms with Gasteiger partial charge in [-0.15, -0.1) is 0 Å². The van der Waals surface area contributed by atoms with Gasteiger partial charge in [0.05, 0.1) is 6.10 Å². The molecule has 1 unspecified atom stereocenters. The van der Waals surface area contributed by atoms with Gasteiger partial charge in [-0.2, -0.15) is 0 Å². The average molecular weight is 251 g/mol. The van der Waals surface area contributed by atoms with Crippen molar-refractivity contribution in [2.45, 2.75) is 65.5 Å². The molecule has 2 heteroatoms. The van der Waals surface area contributed by atoms with Crippen LogP contribution in [0.1, 0.15) is 53.4 Å². The Morgan fingerprint density at radius 1 is 1.39 bits per heavy atom. The normalized spacial score (nSPS) is 40.6. The molecule has 0 saturated heterocycles. The molecular weight excluding hydrogens is 222 g/mol. The summed E-state index contributed by atoms with van der Waals surface area (Å²) in [6, 6.07) is 0.586. The van der Waals surface area contributed by atoms with E-state index in [1.54, 1.807) is 0 Å². The van der Waals surface area contributed by atoms with Gasteiger partial charge >= 0.3 is 0 Å². The summed E-state index contributed by atoms with van der Waals surface area (Å²) in [6.07, 6.45) is 6.86. The minimum atomic E-state index is -0.134. The second-order valence-corrected chi connectivity index (χ2v) is 6.31. The molecule has 0 aromatic carbocycles. The van der Waals surface area contributed by atoms with Crippen LogP contribution in [0.15, 0.2) is 11.6 Å². The van der Waals surface area contributed by atoms with E-state index < -0.39 is 0 Å². The van der Waals surface area contributed by atoms with Gasteiger partial charge in [-0.25, -0.2) is 0 Å². The topological polar surface area (TPSA) is 23.5 Å². The molecule has 0 aromatic rings. The number of nitrogens with zero attached hydrogens (tertiary/aromatic N) is 1. The van der Waals surface area contributed by atoms with Gasteiger partial charge in [0.15, 0.2) is 0 Å². The van der Waals surface area contributed by atoms with Crippen LogP contribution < -0.4 is 0 Å². The molecule has 0 amide bonds. The lowest BCUT2D eigenvalue weighted by atomic mass is 9.58. The van der Waals surface area contributed by atoms with E-state index in [1.807, 2.05) is 0 Å². The van der Waals surface area contributed by atoms with Crippen LogP contribution >= 0.6 is 0 Å². The van der Waals surface area contributed by atoms with Crippen LogP contribution in [0.4, 0.5) is 0 Å². The van der Waals surface area contributed by atoms with Gasteiger partial charge in [-0.3, -0.25) is 4.90 Å². The highest BCUT2D eigenvalue weighted by Crippen LogP contribution is 2.51. The summed E-state index contributed by atoms with van der Waals surface area (Å²) < 4.78 is 0. The molecule has 1 fully saturated rings. The number of aliphatic hydroxyl groups is 1. The predicted molar refractivity (Wildman–Crippen MR) is 76.5 cm³/mol. The lowest BCUT2D eigenvalue weighted by Gasteiger charge is -2.50. The number of rotatable bonds is 3. The Kier molecular flexibility index (Phi) is 4.18. The third kappa shape index (κ3) is 2.14. The van der Waals surface area contributed by atoms with Crippen molar-refractivity contribution in [2.24, 2.45) is 11.3 Å². The second kappa shape index (κ2) is 5.34. The van der Waals surface area contributed by atoms with Crippen molar-refractivity contribution < 1.29 is 5.11 Å². The zero-order chi connectivity index (χ0) is 13.3. The minimum absolute atomic E-state index is 0.0436. The molecule has 1 N–H and O–H groups in total. The molecule has 2 aliphatic rings. The maximum Gasteiger partial charge on any atom is 0.0633 e. The molecule has 0 bridgehead atoms. The van der Waals surface area contributed by atoms with Gasteiger partial charge in [0, 0.05) is 11.5 Å². The summed E-state index contributed by atoms with van der Waals surface area (Å²) in [5.41, 5.74) is 1.57. The molecule has 2 nitrogen and oxygen atoms in total. The van der Waals surface area contributed by atoms with Gasteiger partial charge in [-0.1, -0.05) is 39.3 Å². The average Bonchev–Trinajstić information content (AvgIpc) is 2.35. The number of fused-ring (bicyclic) bond motifs is 1. The van der Waals surface area contributed by atoms with Gasteiger partial charge in [0.1, 0.15) is 0 Å². The molecule has 2 rings (SSSR count). The molecule has 0 spiro atoms. The van der Waals surface area contributed by atoms with E-state index >= 15 is 0 Å². The summed E-state index contributed by atoms with van der Waals surface area (Å²) in [6.45, 7) is 11.4. The highest BCUT2D eigenvalue weighted by molar-refractivity contribution is 5.25. The summed E-state index contributed by atoms with van der Waals surface area (Å²) in [5.74, 6) is 0.582. The van der Waals surface area contributed by atoms with Crippen molar-refractivity contribution in [3.63, 3.8) is 0 Å². The number of aliphatic hydroxyl groups excluding tert-OH is 1. The van der Waals surface area contributed by atoms with E-state index in [-0.39, 0.29) is 11.5 Å². The monoisotopic (exact) mass is 251 g/mol. The Morgan fingerprint density at radius 3 is 2.67 bits per heavy atom. The molecule has 0 radical (unpaired) electrons. The van der Waals surface area contributed by atoms with Gasteiger partial charge in [0.25, 0.3) is 0 Å². The fourth-order valence-corrected chi connectivity index (χ4v) is 4.03. The Morgan fingerprint density at radius 2 is 2.06 bits per heavy atom. The van der Waals surface area contributed by atoms with Crippen molar-refractivity contribution in [3.8, 4) is 0 Å². The zero-order valence-corrected chi connectivity index (χ0v) is 12.4. The molecule has 0 heterocycles. The molecule has 0 aromatic heterocycles. The molecule has 18 heavy (non-hydrogen) atoms. The third-order valence-electron chi connectivity index (χ3n) is 5.60. The van der Waals surface area contributed by atoms with Crippen LogP contribution in [-0.2, 0) is 0 Å². The minimum Gasteiger partial charge on any atom is -0.392 e. The standard InChI is InChI=1S/C16H29NO/c1-5-17(6-2)14-10-12(3)16(4)13(11-14)8-7-9-15(16)18/h11-12,14-15,18H,5-10H2,1-4H3/t12-,14?,15-,16-/m0/s1. The number of likely N-dealkylation sites (N-methyl/N-ethyl adjacent to an activating group) is 1. The lowest BCUT2D eigenvalue weighted by Crippen LogP contribution is -2.49. The van der Waals surface area contributed by atoms with E-state index in [2.05, 4.69) is 38.7 Å². The van der Waals surface area contributed by atoms with E-state index in [9.17, 15) is 5.11 Å². The first-order chi connectivity index (χ1) is 8.53. The quantitative estimate of drug-likeness (QED) is 0.779. The van der Waals surface area contributed by atoms with Crippen molar-refractivity contribution in [3.05, 3.63) is 11.6 Å². The van der Waals surface area contributed by atoms with E-state index in [0.717, 1.165) is 25.9 Å². The zero-order valence-electron chi connectivity index (χ0n) is 12.4. The Bertz CT molecular complexity index is 321. The molecule has 0 aliphatic heterocycles. The van der Waals surface area contributed by atoms with Crippen LogP contribution in [-0.4, -0.2) is 35.2 Å². The second-order valence-electron chi connectivity index (χ2n) is 6.31. The lowest BCUT2D eigenvalue weighted by molar-refractivity contribution is -0.0145. The maximum atomic E-state index is 10.4. The van der Waals surface area contributed by atoms with Crippen molar-refractivity contribution in [1.82, 2.24) is 4.90 Å². The van der Waals surface area contributed by atoms with Crippen LogP contribution in [0.25, 0.3) is 0 Å². The van der Waals surface area contributed by atoms with Crippen LogP contribution in [0.2, 0.25) is 0 Å². The summed E-state index contributed by atoms with van der Waals surface area (Å²) in [5, 5.41) is 10.4. The predicted octanol–water partition coefficient (Wildman–Crippen LogP) is 3.21. The first kappa shape index (κ1) is 14.1. The van der Waals surface area contributed by atoms with E-state index in [4.69, 9.17) is 0 Å². The summed E-state index contributed by atoms with van der Waals surface area (Å²) in [7, 11) is 0. The fourth-order valence-electron chi connectivity index (χ4n) is 4.03. The summed E-state index contributed by atoms with van der Waals surface area (Å²) >= 11 is 0. The van der Waals surface area contributed by atoms with Crippen molar-refractivity contribution >= 4 is 0 Å². The fraction of sp³-hybridized carbons (Fsp3) is 0.875. The summed E-state index contributed by atoms with van der Waals surface area (Å²) in [4.78, 5) is 2.55. The maximum absolute atomic E-state index is 10.4. The van der Waals surface area contributed by atoms with Crippen LogP contribution in [0.3, 0.4) is 0 Å². The molecule has 2 aliphatic carbocycles. The SMILES string of the molecule is CCN(CC)C1C=C2CCC[C@H](O)[C@@]2(C)[C@@H](C)C1. The van der Waals surface area contributed by atoms with Crippen molar-refractivity contribution in [1.29, 1.82) is 0 Å². The van der Waals surface area contributed by atoms with Gasteiger partial charge in [0.2, 0.25) is 0 Å². The largest absolute Gasteiger partial charge is 0.392 e. The Hall–Kier alpha value is -0.340. The molecule has 1 saturated carbocycles. The third-order valence-corrected chi connectivity index (χ3v) is 5.60. The van der Waals surface area contributed by atoms with Crippen LogP contribution in [0, 0.1) is 11.3 Å². The van der Waals surface area contributed by atoms with Gasteiger partial charge < -0.3 is 5.11 Å². The molecule has 4 atom stereocenters. The Labute approximate surface area is 112 Å².